The second-order valence-corrected chi connectivity index (χ2v) is 18.2. The summed E-state index contributed by atoms with van der Waals surface area (Å²) in [5.41, 5.74) is 8.02. The molecular formula is C38H42IrN2Si-2. The van der Waals surface area contributed by atoms with Crippen LogP contribution < -0.4 is 5.19 Å². The molecule has 1 radical (unpaired) electrons. The van der Waals surface area contributed by atoms with Crippen LogP contribution in [0.5, 0.6) is 0 Å². The number of hydrogen-bond acceptors (Lipinski definition) is 2. The van der Waals surface area contributed by atoms with Crippen LogP contribution in [0.1, 0.15) is 51.3 Å². The molecule has 0 fully saturated rings. The van der Waals surface area contributed by atoms with Crippen molar-refractivity contribution in [3.63, 3.8) is 0 Å². The number of nitrogens with zero attached hydrogens (tertiary/aromatic N) is 2. The Kier molecular flexibility index (Phi) is 11.0. The van der Waals surface area contributed by atoms with Gasteiger partial charge in [-0.05, 0) is 44.6 Å². The fourth-order valence-electron chi connectivity index (χ4n) is 4.62. The first kappa shape index (κ1) is 33.3. The summed E-state index contributed by atoms with van der Waals surface area (Å²) in [5.74, 6) is 0. The van der Waals surface area contributed by atoms with Crippen LogP contribution in [0.25, 0.3) is 22.5 Å². The second-order valence-electron chi connectivity index (χ2n) is 13.1. The first-order chi connectivity index (χ1) is 19.4. The molecule has 0 aliphatic heterocycles. The number of pyridine rings is 2. The topological polar surface area (TPSA) is 25.8 Å². The van der Waals surface area contributed by atoms with Gasteiger partial charge >= 0.3 is 0 Å². The van der Waals surface area contributed by atoms with Crippen molar-refractivity contribution in [2.45, 2.75) is 65.1 Å². The monoisotopic (exact) mass is 747 g/mol. The van der Waals surface area contributed by atoms with Crippen LogP contribution in [0.15, 0.2) is 109 Å². The molecular weight excluding hydrogens is 705 g/mol. The molecule has 5 aromatic rings. The third-order valence-corrected chi connectivity index (χ3v) is 9.56. The van der Waals surface area contributed by atoms with E-state index in [1.807, 2.05) is 42.7 Å². The van der Waals surface area contributed by atoms with E-state index in [4.69, 9.17) is 0 Å². The van der Waals surface area contributed by atoms with Gasteiger partial charge in [-0.3, -0.25) is 0 Å². The van der Waals surface area contributed by atoms with E-state index in [9.17, 15) is 0 Å². The summed E-state index contributed by atoms with van der Waals surface area (Å²) in [7, 11) is -1.23. The van der Waals surface area contributed by atoms with Crippen molar-refractivity contribution in [3.05, 3.63) is 138 Å². The zero-order valence-corrected chi connectivity index (χ0v) is 29.5. The maximum atomic E-state index is 4.59. The maximum absolute atomic E-state index is 4.59. The molecule has 0 N–H and O–H groups in total. The van der Waals surface area contributed by atoms with E-state index in [1.54, 1.807) is 0 Å². The Morgan fingerprint density at radius 1 is 0.595 bits per heavy atom. The quantitative estimate of drug-likeness (QED) is 0.132. The number of benzene rings is 3. The van der Waals surface area contributed by atoms with Gasteiger partial charge in [-0.2, -0.15) is 0 Å². The average Bonchev–Trinajstić information content (AvgIpc) is 2.98. The largest absolute Gasteiger partial charge is 0.305 e. The SMILES string of the molecule is CC(C)(C)c1ccnc(-c2[c-]ccc(C(C)(C)c3ccccc3)c2)c1.C[Si](C)(C)c1ccc(-c2[c-]cccc2)nc1.[Ir]. The molecule has 0 atom stereocenters. The van der Waals surface area contributed by atoms with Crippen LogP contribution in [0.2, 0.25) is 19.6 Å². The Labute approximate surface area is 268 Å². The van der Waals surface area contributed by atoms with E-state index >= 15 is 0 Å². The molecule has 4 heteroatoms. The Hall–Kier alpha value is -3.17. The van der Waals surface area contributed by atoms with Gasteiger partial charge in [0.2, 0.25) is 0 Å². The van der Waals surface area contributed by atoms with E-state index in [2.05, 4.69) is 143 Å². The van der Waals surface area contributed by atoms with Crippen molar-refractivity contribution < 1.29 is 20.1 Å². The molecule has 0 saturated carbocycles. The summed E-state index contributed by atoms with van der Waals surface area (Å²) in [6.07, 6.45) is 3.92. The predicted molar refractivity (Wildman–Crippen MR) is 177 cm³/mol. The molecule has 3 aromatic carbocycles. The molecule has 2 nitrogen and oxygen atoms in total. The normalized spacial score (nSPS) is 11.6. The summed E-state index contributed by atoms with van der Waals surface area (Å²) in [4.78, 5) is 9.11. The summed E-state index contributed by atoms with van der Waals surface area (Å²) in [6, 6.07) is 40.1. The zero-order valence-electron chi connectivity index (χ0n) is 26.1. The van der Waals surface area contributed by atoms with Gasteiger partial charge in [0.15, 0.2) is 0 Å². The van der Waals surface area contributed by atoms with Crippen LogP contribution in [-0.2, 0) is 30.9 Å². The van der Waals surface area contributed by atoms with E-state index in [1.165, 1.54) is 21.9 Å². The summed E-state index contributed by atoms with van der Waals surface area (Å²) in [5, 5.41) is 1.40. The molecule has 0 amide bonds. The fraction of sp³-hybridized carbons (Fsp3) is 0.263. The van der Waals surface area contributed by atoms with Crippen LogP contribution in [0.3, 0.4) is 0 Å². The third kappa shape index (κ3) is 8.44. The van der Waals surface area contributed by atoms with E-state index in [0.29, 0.717) is 0 Å². The van der Waals surface area contributed by atoms with Crippen LogP contribution in [0.4, 0.5) is 0 Å². The molecule has 0 spiro atoms. The van der Waals surface area contributed by atoms with Gasteiger partial charge in [-0.15, -0.1) is 71.3 Å². The van der Waals surface area contributed by atoms with E-state index < -0.39 is 8.07 Å². The molecule has 0 aliphatic carbocycles. The van der Waals surface area contributed by atoms with Crippen molar-refractivity contribution in [2.24, 2.45) is 0 Å². The van der Waals surface area contributed by atoms with Gasteiger partial charge < -0.3 is 9.97 Å². The van der Waals surface area contributed by atoms with E-state index in [0.717, 1.165) is 22.5 Å². The van der Waals surface area contributed by atoms with Crippen molar-refractivity contribution in [3.8, 4) is 22.5 Å². The summed E-state index contributed by atoms with van der Waals surface area (Å²) < 4.78 is 0. The van der Waals surface area contributed by atoms with Crippen LogP contribution in [0, 0.1) is 12.1 Å². The predicted octanol–water partition coefficient (Wildman–Crippen LogP) is 9.26. The van der Waals surface area contributed by atoms with Crippen LogP contribution in [-0.4, -0.2) is 18.0 Å². The molecule has 42 heavy (non-hydrogen) atoms. The molecule has 219 valence electrons. The molecule has 0 saturated heterocycles. The molecule has 0 bridgehead atoms. The van der Waals surface area contributed by atoms with Crippen molar-refractivity contribution in [1.82, 2.24) is 9.97 Å². The Balaban J connectivity index is 0.000000247. The fourth-order valence-corrected chi connectivity index (χ4v) is 5.65. The van der Waals surface area contributed by atoms with Gasteiger partial charge in [-0.1, -0.05) is 103 Å². The minimum Gasteiger partial charge on any atom is -0.305 e. The van der Waals surface area contributed by atoms with Gasteiger partial charge in [0, 0.05) is 32.5 Å². The number of rotatable bonds is 5. The summed E-state index contributed by atoms with van der Waals surface area (Å²) in [6.45, 7) is 18.2. The molecule has 2 aromatic heterocycles. The zero-order chi connectivity index (χ0) is 29.7. The van der Waals surface area contributed by atoms with Crippen molar-refractivity contribution in [2.75, 3.05) is 0 Å². The molecule has 2 heterocycles. The first-order valence-corrected chi connectivity index (χ1v) is 17.8. The summed E-state index contributed by atoms with van der Waals surface area (Å²) >= 11 is 0. The molecule has 0 unspecified atom stereocenters. The second kappa shape index (κ2) is 13.9. The van der Waals surface area contributed by atoms with Crippen LogP contribution >= 0.6 is 0 Å². The Bertz CT molecular complexity index is 1550. The Morgan fingerprint density at radius 2 is 1.29 bits per heavy atom. The van der Waals surface area contributed by atoms with Gasteiger partial charge in [-0.25, -0.2) is 0 Å². The standard InChI is InChI=1S/C24H26N.C14H16NSi.Ir/c1-23(2,3)20-14-15-25-22(17-20)18-10-9-13-21(16-18)24(4,5)19-11-7-6-8-12-19;1-16(2,3)13-9-10-14(15-11-13)12-7-5-4-6-8-12;/h6-9,11-17H,1-5H3;4-7,9-11H,1-3H3;/q2*-1;. The minimum atomic E-state index is -1.23. The smallest absolute Gasteiger partial charge is 0.0795 e. The minimum absolute atomic E-state index is 0. The van der Waals surface area contributed by atoms with Crippen molar-refractivity contribution >= 4 is 13.3 Å². The Morgan fingerprint density at radius 3 is 1.88 bits per heavy atom. The number of aromatic nitrogens is 2. The number of hydrogen-bond donors (Lipinski definition) is 0. The molecule has 0 aliphatic rings. The van der Waals surface area contributed by atoms with E-state index in [-0.39, 0.29) is 30.9 Å². The third-order valence-electron chi connectivity index (χ3n) is 7.54. The molecule has 5 rings (SSSR count). The van der Waals surface area contributed by atoms with Gasteiger partial charge in [0.05, 0.1) is 8.07 Å². The van der Waals surface area contributed by atoms with Gasteiger partial charge in [0.1, 0.15) is 0 Å². The first-order valence-electron chi connectivity index (χ1n) is 14.3. The van der Waals surface area contributed by atoms with Gasteiger partial charge in [0.25, 0.3) is 0 Å². The van der Waals surface area contributed by atoms with Crippen molar-refractivity contribution in [1.29, 1.82) is 0 Å². The average molecular weight is 747 g/mol. The maximum Gasteiger partial charge on any atom is 0.0795 e.